The Morgan fingerprint density at radius 2 is 1.81 bits per heavy atom. The van der Waals surface area contributed by atoms with Crippen LogP contribution in [-0.2, 0) is 13.1 Å². The van der Waals surface area contributed by atoms with Crippen molar-refractivity contribution < 1.29 is 14.6 Å². The molecule has 6 nitrogen and oxygen atoms in total. The molecular formula is C29H38ClN3O3. The Morgan fingerprint density at radius 1 is 1.08 bits per heavy atom. The maximum absolute atomic E-state index is 11.2. The number of β-amino-alcohol motifs (C(OH)–C–C–N with tert-alkyl or cyclic N) is 1. The largest absolute Gasteiger partial charge is 0.492 e. The molecule has 7 heteroatoms. The van der Waals surface area contributed by atoms with Crippen LogP contribution in [0, 0.1) is 13.8 Å². The van der Waals surface area contributed by atoms with Crippen molar-refractivity contribution in [2.45, 2.75) is 65.1 Å². The van der Waals surface area contributed by atoms with Crippen LogP contribution in [0.2, 0.25) is 5.02 Å². The lowest BCUT2D eigenvalue weighted by Gasteiger charge is -2.39. The van der Waals surface area contributed by atoms with Gasteiger partial charge in [-0.1, -0.05) is 37.6 Å². The second-order valence-electron chi connectivity index (χ2n) is 10.3. The van der Waals surface area contributed by atoms with Gasteiger partial charge in [0, 0.05) is 36.4 Å². The highest BCUT2D eigenvalue weighted by atomic mass is 35.5. The average Bonchev–Trinajstić information content (AvgIpc) is 3.31. The van der Waals surface area contributed by atoms with Crippen molar-refractivity contribution in [2.24, 2.45) is 0 Å². The Hall–Kier alpha value is -2.54. The molecule has 0 unspecified atom stereocenters. The van der Waals surface area contributed by atoms with E-state index in [0.29, 0.717) is 19.1 Å². The molecule has 194 valence electrons. The fourth-order valence-corrected chi connectivity index (χ4v) is 5.00. The van der Waals surface area contributed by atoms with Gasteiger partial charge in [-0.25, -0.2) is 4.98 Å². The number of halogens is 1. The van der Waals surface area contributed by atoms with Gasteiger partial charge in [-0.3, -0.25) is 4.90 Å². The highest BCUT2D eigenvalue weighted by molar-refractivity contribution is 6.32. The Morgan fingerprint density at radius 3 is 2.50 bits per heavy atom. The van der Waals surface area contributed by atoms with Crippen molar-refractivity contribution in [3.63, 3.8) is 0 Å². The average molecular weight is 512 g/mol. The van der Waals surface area contributed by atoms with Crippen molar-refractivity contribution in [1.29, 1.82) is 0 Å². The second kappa shape index (κ2) is 11.7. The number of aromatic nitrogens is 2. The maximum Gasteiger partial charge on any atom is 0.120 e. The molecule has 1 aliphatic rings. The summed E-state index contributed by atoms with van der Waals surface area (Å²) in [6.45, 7) is 12.2. The first-order valence-corrected chi connectivity index (χ1v) is 13.2. The fourth-order valence-electron chi connectivity index (χ4n) is 4.89. The van der Waals surface area contributed by atoms with Gasteiger partial charge in [0.2, 0.25) is 0 Å². The van der Waals surface area contributed by atoms with E-state index in [1.54, 1.807) is 0 Å². The number of hydrogen-bond acceptors (Lipinski definition) is 5. The standard InChI is InChI=1S/C29H38ClN3O3/c1-21(2)28-31-11-13-33(28)14-15-35-25-8-6-24(7-9-25)18-32-12-5-10-29(34,19-32)20-36-26-16-22(3)27(30)23(4)17-26/h6-9,11,13,16-17,21,34H,5,10,12,14-15,18-20H2,1-4H3/t29-/m0/s1. The molecule has 0 bridgehead atoms. The summed E-state index contributed by atoms with van der Waals surface area (Å²) in [7, 11) is 0. The minimum atomic E-state index is -0.870. The Bertz CT molecular complexity index is 1120. The minimum Gasteiger partial charge on any atom is -0.492 e. The number of aryl methyl sites for hydroxylation is 2. The lowest BCUT2D eigenvalue weighted by molar-refractivity contribution is -0.0621. The van der Waals surface area contributed by atoms with Crippen LogP contribution in [0.5, 0.6) is 11.5 Å². The zero-order valence-corrected chi connectivity index (χ0v) is 22.6. The highest BCUT2D eigenvalue weighted by Crippen LogP contribution is 2.28. The van der Waals surface area contributed by atoms with Crippen LogP contribution in [-0.4, -0.2) is 51.5 Å². The van der Waals surface area contributed by atoms with E-state index >= 15 is 0 Å². The van der Waals surface area contributed by atoms with Crippen molar-refractivity contribution in [3.05, 3.63) is 76.3 Å². The quantitative estimate of drug-likeness (QED) is 0.375. The molecule has 36 heavy (non-hydrogen) atoms. The van der Waals surface area contributed by atoms with E-state index < -0.39 is 5.60 Å². The SMILES string of the molecule is Cc1cc(OC[C@]2(O)CCCN(Cc3ccc(OCCn4ccnc4C(C)C)cc3)C2)cc(C)c1Cl. The van der Waals surface area contributed by atoms with Crippen LogP contribution >= 0.6 is 11.6 Å². The number of benzene rings is 2. The molecule has 1 fully saturated rings. The molecule has 2 aromatic carbocycles. The van der Waals surface area contributed by atoms with E-state index in [-0.39, 0.29) is 6.61 Å². The lowest BCUT2D eigenvalue weighted by atomic mass is 9.93. The predicted octanol–water partition coefficient (Wildman–Crippen LogP) is 5.76. The maximum atomic E-state index is 11.2. The summed E-state index contributed by atoms with van der Waals surface area (Å²) in [4.78, 5) is 6.73. The summed E-state index contributed by atoms with van der Waals surface area (Å²) in [5.74, 6) is 3.09. The van der Waals surface area contributed by atoms with E-state index in [1.807, 2.05) is 50.5 Å². The molecule has 0 radical (unpaired) electrons. The van der Waals surface area contributed by atoms with Gasteiger partial charge in [-0.15, -0.1) is 0 Å². The van der Waals surface area contributed by atoms with Gasteiger partial charge < -0.3 is 19.1 Å². The number of ether oxygens (including phenoxy) is 2. The number of hydrogen-bond donors (Lipinski definition) is 1. The van der Waals surface area contributed by atoms with E-state index in [4.69, 9.17) is 21.1 Å². The van der Waals surface area contributed by atoms with Crippen LogP contribution in [0.15, 0.2) is 48.8 Å². The van der Waals surface area contributed by atoms with Crippen LogP contribution in [0.1, 0.15) is 55.1 Å². The smallest absolute Gasteiger partial charge is 0.120 e. The van der Waals surface area contributed by atoms with Crippen LogP contribution in [0.4, 0.5) is 0 Å². The number of piperidine rings is 1. The summed E-state index contributed by atoms with van der Waals surface area (Å²) in [5.41, 5.74) is 2.30. The van der Waals surface area contributed by atoms with Crippen molar-refractivity contribution in [1.82, 2.24) is 14.5 Å². The molecule has 0 amide bonds. The van der Waals surface area contributed by atoms with Gasteiger partial charge in [-0.2, -0.15) is 0 Å². The van der Waals surface area contributed by atoms with Crippen LogP contribution < -0.4 is 9.47 Å². The molecular weight excluding hydrogens is 474 g/mol. The van der Waals surface area contributed by atoms with E-state index in [1.165, 1.54) is 5.56 Å². The van der Waals surface area contributed by atoms with Crippen molar-refractivity contribution in [3.8, 4) is 11.5 Å². The van der Waals surface area contributed by atoms with Crippen LogP contribution in [0.25, 0.3) is 0 Å². The molecule has 0 spiro atoms. The molecule has 3 aromatic rings. The molecule has 1 saturated heterocycles. The number of likely N-dealkylation sites (tertiary alicyclic amines) is 1. The first-order chi connectivity index (χ1) is 17.2. The number of nitrogens with zero attached hydrogens (tertiary/aromatic N) is 3. The third-order valence-corrected chi connectivity index (χ3v) is 7.34. The number of rotatable bonds is 10. The molecule has 1 aliphatic heterocycles. The first kappa shape index (κ1) is 26.5. The third-order valence-electron chi connectivity index (χ3n) is 6.75. The molecule has 2 heterocycles. The Labute approximate surface area is 219 Å². The van der Waals surface area contributed by atoms with Crippen LogP contribution in [0.3, 0.4) is 0 Å². The van der Waals surface area contributed by atoms with Gasteiger partial charge >= 0.3 is 0 Å². The Kier molecular flexibility index (Phi) is 8.60. The normalized spacial score (nSPS) is 18.5. The van der Waals surface area contributed by atoms with E-state index in [9.17, 15) is 5.11 Å². The van der Waals surface area contributed by atoms with E-state index in [0.717, 1.165) is 65.9 Å². The highest BCUT2D eigenvalue weighted by Gasteiger charge is 2.34. The number of imidazole rings is 1. The zero-order valence-electron chi connectivity index (χ0n) is 21.8. The third kappa shape index (κ3) is 6.81. The van der Waals surface area contributed by atoms with Gasteiger partial charge in [0.25, 0.3) is 0 Å². The molecule has 1 N–H and O–H groups in total. The Balaban J connectivity index is 1.26. The second-order valence-corrected chi connectivity index (χ2v) is 10.7. The zero-order chi connectivity index (χ0) is 25.7. The monoisotopic (exact) mass is 511 g/mol. The molecule has 0 aliphatic carbocycles. The minimum absolute atomic E-state index is 0.270. The molecule has 1 aromatic heterocycles. The summed E-state index contributed by atoms with van der Waals surface area (Å²) >= 11 is 6.27. The van der Waals surface area contributed by atoms with Gasteiger partial charge in [0.1, 0.15) is 36.1 Å². The van der Waals surface area contributed by atoms with Crippen molar-refractivity contribution in [2.75, 3.05) is 26.3 Å². The summed E-state index contributed by atoms with van der Waals surface area (Å²) < 4.78 is 14.1. The lowest BCUT2D eigenvalue weighted by Crippen LogP contribution is -2.51. The van der Waals surface area contributed by atoms with Gasteiger partial charge in [0.15, 0.2) is 0 Å². The molecule has 4 rings (SSSR count). The summed E-state index contributed by atoms with van der Waals surface area (Å²) in [6, 6.07) is 12.1. The number of aliphatic hydroxyl groups is 1. The summed E-state index contributed by atoms with van der Waals surface area (Å²) in [5, 5.41) is 12.0. The molecule has 1 atom stereocenters. The fraction of sp³-hybridized carbons (Fsp3) is 0.483. The van der Waals surface area contributed by atoms with E-state index in [2.05, 4.69) is 40.4 Å². The summed E-state index contributed by atoms with van der Waals surface area (Å²) in [6.07, 6.45) is 5.52. The van der Waals surface area contributed by atoms with Gasteiger partial charge in [-0.05, 0) is 74.2 Å². The molecule has 0 saturated carbocycles. The van der Waals surface area contributed by atoms with Crippen molar-refractivity contribution >= 4 is 11.6 Å². The topological polar surface area (TPSA) is 59.8 Å². The van der Waals surface area contributed by atoms with Gasteiger partial charge in [0.05, 0.1) is 6.54 Å². The predicted molar refractivity (Wildman–Crippen MR) is 144 cm³/mol. The first-order valence-electron chi connectivity index (χ1n) is 12.8.